The van der Waals surface area contributed by atoms with E-state index in [1.54, 1.807) is 11.0 Å². The first-order valence-corrected chi connectivity index (χ1v) is 10.3. The van der Waals surface area contributed by atoms with Gasteiger partial charge in [-0.15, -0.1) is 5.10 Å². The number of piperidine rings is 1. The summed E-state index contributed by atoms with van der Waals surface area (Å²) >= 11 is 0. The van der Waals surface area contributed by atoms with Crippen molar-refractivity contribution in [1.82, 2.24) is 9.78 Å². The Balaban J connectivity index is 1.53. The number of carbonyl (C=O) groups excluding carboxylic acids is 1. The Morgan fingerprint density at radius 2 is 1.85 bits per heavy atom. The van der Waals surface area contributed by atoms with Crippen LogP contribution in [0.4, 0.5) is 29.1 Å². The van der Waals surface area contributed by atoms with E-state index in [9.17, 15) is 27.2 Å². The van der Waals surface area contributed by atoms with Crippen molar-refractivity contribution in [2.24, 2.45) is 5.92 Å². The first-order chi connectivity index (χ1) is 15.7. The molecule has 1 N–H and O–H groups in total. The molecule has 0 bridgehead atoms. The van der Waals surface area contributed by atoms with Gasteiger partial charge in [-0.3, -0.25) is 9.59 Å². The van der Waals surface area contributed by atoms with Gasteiger partial charge in [-0.2, -0.15) is 17.9 Å². The third kappa shape index (κ3) is 5.05. The van der Waals surface area contributed by atoms with Gasteiger partial charge in [0.1, 0.15) is 11.6 Å². The SMILES string of the molecule is O=C(Nc1ccccc1C(F)(F)F)C1CCCN(c2ccc(=O)n(-c3cccc(F)c3)n2)C1. The van der Waals surface area contributed by atoms with Crippen molar-refractivity contribution < 1.29 is 22.4 Å². The van der Waals surface area contributed by atoms with Crippen molar-refractivity contribution in [3.8, 4) is 5.69 Å². The van der Waals surface area contributed by atoms with Crippen LogP contribution < -0.4 is 15.8 Å². The number of nitrogens with one attached hydrogen (secondary N) is 1. The zero-order chi connectivity index (χ0) is 23.6. The van der Waals surface area contributed by atoms with Crippen molar-refractivity contribution >= 4 is 17.4 Å². The van der Waals surface area contributed by atoms with Crippen molar-refractivity contribution in [2.45, 2.75) is 19.0 Å². The molecule has 0 spiro atoms. The molecule has 1 fully saturated rings. The summed E-state index contributed by atoms with van der Waals surface area (Å²) in [4.78, 5) is 26.8. The van der Waals surface area contributed by atoms with Crippen LogP contribution in [0.1, 0.15) is 18.4 Å². The van der Waals surface area contributed by atoms with E-state index in [4.69, 9.17) is 0 Å². The fraction of sp³-hybridized carbons (Fsp3) is 0.261. The summed E-state index contributed by atoms with van der Waals surface area (Å²) < 4.78 is 54.4. The van der Waals surface area contributed by atoms with E-state index < -0.39 is 34.9 Å². The van der Waals surface area contributed by atoms with Crippen LogP contribution >= 0.6 is 0 Å². The molecule has 0 radical (unpaired) electrons. The van der Waals surface area contributed by atoms with E-state index in [-0.39, 0.29) is 17.9 Å². The number of carbonyl (C=O) groups is 1. The minimum Gasteiger partial charge on any atom is -0.354 e. The molecule has 0 saturated carbocycles. The summed E-state index contributed by atoms with van der Waals surface area (Å²) in [7, 11) is 0. The van der Waals surface area contributed by atoms with Crippen LogP contribution in [-0.2, 0) is 11.0 Å². The van der Waals surface area contributed by atoms with E-state index in [0.29, 0.717) is 25.2 Å². The van der Waals surface area contributed by atoms with Crippen LogP contribution in [0.5, 0.6) is 0 Å². The van der Waals surface area contributed by atoms with Crippen molar-refractivity contribution in [2.75, 3.05) is 23.3 Å². The van der Waals surface area contributed by atoms with Gasteiger partial charge >= 0.3 is 6.18 Å². The second-order valence-electron chi connectivity index (χ2n) is 7.74. The van der Waals surface area contributed by atoms with E-state index in [1.807, 2.05) is 0 Å². The molecular weight excluding hydrogens is 440 g/mol. The number of alkyl halides is 3. The zero-order valence-corrected chi connectivity index (χ0v) is 17.3. The first-order valence-electron chi connectivity index (χ1n) is 10.3. The van der Waals surface area contributed by atoms with Crippen LogP contribution in [-0.4, -0.2) is 28.8 Å². The molecule has 0 aliphatic carbocycles. The van der Waals surface area contributed by atoms with Gasteiger partial charge in [-0.05, 0) is 49.2 Å². The maximum Gasteiger partial charge on any atom is 0.418 e. The Morgan fingerprint density at radius 1 is 1.06 bits per heavy atom. The van der Waals surface area contributed by atoms with Gasteiger partial charge in [0.15, 0.2) is 0 Å². The predicted molar refractivity (Wildman–Crippen MR) is 115 cm³/mol. The van der Waals surface area contributed by atoms with Gasteiger partial charge in [0, 0.05) is 19.2 Å². The lowest BCUT2D eigenvalue weighted by molar-refractivity contribution is -0.137. The van der Waals surface area contributed by atoms with Crippen LogP contribution in [0.2, 0.25) is 0 Å². The van der Waals surface area contributed by atoms with Crippen LogP contribution in [0, 0.1) is 11.7 Å². The summed E-state index contributed by atoms with van der Waals surface area (Å²) in [6.45, 7) is 0.769. The van der Waals surface area contributed by atoms with Gasteiger partial charge < -0.3 is 10.2 Å². The lowest BCUT2D eigenvalue weighted by Gasteiger charge is -2.33. The molecule has 1 aliphatic rings. The van der Waals surface area contributed by atoms with Crippen LogP contribution in [0.15, 0.2) is 65.5 Å². The fourth-order valence-corrected chi connectivity index (χ4v) is 3.84. The molecule has 2 heterocycles. The number of anilines is 2. The molecule has 1 amide bonds. The van der Waals surface area contributed by atoms with Gasteiger partial charge in [0.05, 0.1) is 22.9 Å². The number of para-hydroxylation sites is 1. The summed E-state index contributed by atoms with van der Waals surface area (Å²) in [5, 5.41) is 6.72. The molecular formula is C23H20F4N4O2. The summed E-state index contributed by atoms with van der Waals surface area (Å²) in [5.41, 5.74) is -1.38. The highest BCUT2D eigenvalue weighted by Crippen LogP contribution is 2.35. The Morgan fingerprint density at radius 3 is 2.61 bits per heavy atom. The van der Waals surface area contributed by atoms with Crippen molar-refractivity contribution in [1.29, 1.82) is 0 Å². The highest BCUT2D eigenvalue weighted by atomic mass is 19.4. The molecule has 1 aliphatic heterocycles. The Hall–Kier alpha value is -3.69. The molecule has 1 unspecified atom stereocenters. The number of rotatable bonds is 4. The number of amides is 1. The number of aromatic nitrogens is 2. The normalized spacial score (nSPS) is 16.5. The lowest BCUT2D eigenvalue weighted by Crippen LogP contribution is -2.42. The Labute approximate surface area is 186 Å². The standard InChI is InChI=1S/C23H20F4N4O2/c24-16-6-3-7-17(13-16)31-21(32)11-10-20(29-31)30-12-4-5-15(14-30)22(33)28-19-9-2-1-8-18(19)23(25,26)27/h1-3,6-11,13,15H,4-5,12,14H2,(H,28,33). The average molecular weight is 460 g/mol. The third-order valence-electron chi connectivity index (χ3n) is 5.45. The van der Waals surface area contributed by atoms with E-state index in [1.165, 1.54) is 48.5 Å². The topological polar surface area (TPSA) is 67.2 Å². The molecule has 4 rings (SSSR count). The fourth-order valence-electron chi connectivity index (χ4n) is 3.84. The quantitative estimate of drug-likeness (QED) is 0.592. The first kappa shape index (κ1) is 22.5. The molecule has 2 aromatic carbocycles. The average Bonchev–Trinajstić information content (AvgIpc) is 2.79. The Kier molecular flexibility index (Phi) is 6.17. The summed E-state index contributed by atoms with van der Waals surface area (Å²) in [6, 6.07) is 13.1. The number of benzene rings is 2. The lowest BCUT2D eigenvalue weighted by atomic mass is 9.96. The van der Waals surface area contributed by atoms with Crippen molar-refractivity contribution in [3.63, 3.8) is 0 Å². The minimum atomic E-state index is -4.59. The second-order valence-corrected chi connectivity index (χ2v) is 7.74. The van der Waals surface area contributed by atoms with Gasteiger partial charge in [0.25, 0.3) is 5.56 Å². The van der Waals surface area contributed by atoms with Gasteiger partial charge in [-0.25, -0.2) is 4.39 Å². The molecule has 1 saturated heterocycles. The monoisotopic (exact) mass is 460 g/mol. The molecule has 3 aromatic rings. The molecule has 6 nitrogen and oxygen atoms in total. The Bertz CT molecular complexity index is 1230. The molecule has 172 valence electrons. The smallest absolute Gasteiger partial charge is 0.354 e. The number of nitrogens with zero attached hydrogens (tertiary/aromatic N) is 3. The van der Waals surface area contributed by atoms with E-state index in [0.717, 1.165) is 10.7 Å². The number of hydrogen-bond acceptors (Lipinski definition) is 4. The van der Waals surface area contributed by atoms with E-state index in [2.05, 4.69) is 10.4 Å². The van der Waals surface area contributed by atoms with Crippen LogP contribution in [0.3, 0.4) is 0 Å². The highest BCUT2D eigenvalue weighted by Gasteiger charge is 2.34. The maximum absolute atomic E-state index is 13.6. The minimum absolute atomic E-state index is 0.217. The molecule has 10 heteroatoms. The van der Waals surface area contributed by atoms with Crippen LogP contribution in [0.25, 0.3) is 5.69 Å². The third-order valence-corrected chi connectivity index (χ3v) is 5.45. The predicted octanol–water partition coefficient (Wildman–Crippen LogP) is 4.25. The summed E-state index contributed by atoms with van der Waals surface area (Å²) in [5.74, 6) is -1.20. The number of halogens is 4. The number of hydrogen-bond donors (Lipinski definition) is 1. The molecule has 1 atom stereocenters. The van der Waals surface area contributed by atoms with Gasteiger partial charge in [-0.1, -0.05) is 18.2 Å². The summed E-state index contributed by atoms with van der Waals surface area (Å²) in [6.07, 6.45) is -3.48. The molecule has 33 heavy (non-hydrogen) atoms. The van der Waals surface area contributed by atoms with E-state index >= 15 is 0 Å². The largest absolute Gasteiger partial charge is 0.418 e. The second kappa shape index (κ2) is 9.05. The van der Waals surface area contributed by atoms with Gasteiger partial charge in [0.2, 0.25) is 5.91 Å². The van der Waals surface area contributed by atoms with Crippen molar-refractivity contribution in [3.05, 3.63) is 82.4 Å². The highest BCUT2D eigenvalue weighted by molar-refractivity contribution is 5.93. The molecule has 1 aromatic heterocycles. The zero-order valence-electron chi connectivity index (χ0n) is 17.3. The maximum atomic E-state index is 13.6.